The van der Waals surface area contributed by atoms with Crippen molar-refractivity contribution in [2.45, 2.75) is 6.54 Å². The Bertz CT molecular complexity index is 1010. The van der Waals surface area contributed by atoms with Gasteiger partial charge >= 0.3 is 5.97 Å². The number of carbonyl (C=O) groups is 2. The van der Waals surface area contributed by atoms with E-state index in [1.165, 1.54) is 30.0 Å². The van der Waals surface area contributed by atoms with Gasteiger partial charge in [0, 0.05) is 18.0 Å². The third-order valence-corrected chi connectivity index (χ3v) is 4.01. The van der Waals surface area contributed by atoms with Crippen molar-refractivity contribution in [3.63, 3.8) is 0 Å². The van der Waals surface area contributed by atoms with Gasteiger partial charge in [-0.05, 0) is 35.9 Å². The van der Waals surface area contributed by atoms with Crippen LogP contribution in [0, 0.1) is 0 Å². The van der Waals surface area contributed by atoms with Crippen LogP contribution in [0.5, 0.6) is 0 Å². The third-order valence-electron chi connectivity index (χ3n) is 4.01. The lowest BCUT2D eigenvalue weighted by Gasteiger charge is -2.09. The van der Waals surface area contributed by atoms with Gasteiger partial charge in [0.15, 0.2) is 0 Å². The highest BCUT2D eigenvalue weighted by atomic mass is 16.5. The number of ether oxygens (including phenoxy) is 1. The Morgan fingerprint density at radius 2 is 1.59 bits per heavy atom. The maximum absolute atomic E-state index is 12.5. The van der Waals surface area contributed by atoms with Gasteiger partial charge in [0.2, 0.25) is 0 Å². The highest BCUT2D eigenvalue weighted by molar-refractivity contribution is 6.04. The molecule has 6 nitrogen and oxygen atoms in total. The van der Waals surface area contributed by atoms with Crippen molar-refractivity contribution in [1.82, 2.24) is 4.57 Å². The largest absolute Gasteiger partial charge is 0.465 e. The van der Waals surface area contributed by atoms with Crippen molar-refractivity contribution in [2.75, 3.05) is 12.4 Å². The van der Waals surface area contributed by atoms with E-state index in [0.29, 0.717) is 23.4 Å². The minimum absolute atomic E-state index is 0.183. The van der Waals surface area contributed by atoms with E-state index >= 15 is 0 Å². The summed E-state index contributed by atoms with van der Waals surface area (Å²) in [7, 11) is 1.31. The van der Waals surface area contributed by atoms with E-state index in [9.17, 15) is 14.4 Å². The monoisotopic (exact) mass is 362 g/mol. The van der Waals surface area contributed by atoms with Crippen LogP contribution in [0.25, 0.3) is 0 Å². The van der Waals surface area contributed by atoms with Gasteiger partial charge in [0.25, 0.3) is 11.5 Å². The van der Waals surface area contributed by atoms with Gasteiger partial charge in [-0.15, -0.1) is 0 Å². The summed E-state index contributed by atoms with van der Waals surface area (Å²) in [5.74, 6) is -0.788. The number of hydrogen-bond acceptors (Lipinski definition) is 4. The molecule has 0 saturated heterocycles. The molecule has 1 amide bonds. The molecule has 0 aliphatic carbocycles. The number of anilines is 1. The summed E-state index contributed by atoms with van der Waals surface area (Å²) in [6, 6.07) is 18.8. The summed E-state index contributed by atoms with van der Waals surface area (Å²) >= 11 is 0. The standard InChI is InChI=1S/C21H18N2O4/c1-27-21(26)16-7-10-18(11-8-16)22-20(25)17-9-12-19(24)23(14-17)13-15-5-3-2-4-6-15/h2-12,14H,13H2,1H3,(H,22,25). The van der Waals surface area contributed by atoms with Gasteiger partial charge in [-0.3, -0.25) is 9.59 Å². The van der Waals surface area contributed by atoms with E-state index in [4.69, 9.17) is 0 Å². The third kappa shape index (κ3) is 4.49. The first-order valence-electron chi connectivity index (χ1n) is 8.31. The number of methoxy groups -OCH3 is 1. The van der Waals surface area contributed by atoms with Gasteiger partial charge in [-0.1, -0.05) is 30.3 Å². The Morgan fingerprint density at radius 3 is 2.26 bits per heavy atom. The molecule has 3 aromatic rings. The minimum atomic E-state index is -0.444. The maximum Gasteiger partial charge on any atom is 0.337 e. The van der Waals surface area contributed by atoms with E-state index in [-0.39, 0.29) is 11.5 Å². The molecule has 0 fully saturated rings. The molecular formula is C21H18N2O4. The molecule has 1 heterocycles. The molecule has 0 atom stereocenters. The SMILES string of the molecule is COC(=O)c1ccc(NC(=O)c2ccc(=O)n(Cc3ccccc3)c2)cc1. The van der Waals surface area contributed by atoms with Crippen LogP contribution in [-0.4, -0.2) is 23.6 Å². The average Bonchev–Trinajstić information content (AvgIpc) is 2.70. The second kappa shape index (κ2) is 8.14. The summed E-state index contributed by atoms with van der Waals surface area (Å²) in [5.41, 5.74) is 2.08. The topological polar surface area (TPSA) is 77.4 Å². The van der Waals surface area contributed by atoms with Crippen molar-refractivity contribution >= 4 is 17.6 Å². The van der Waals surface area contributed by atoms with E-state index in [1.807, 2.05) is 30.3 Å². The number of nitrogens with zero attached hydrogens (tertiary/aromatic N) is 1. The number of rotatable bonds is 5. The number of hydrogen-bond donors (Lipinski definition) is 1. The molecular weight excluding hydrogens is 344 g/mol. The second-order valence-electron chi connectivity index (χ2n) is 5.89. The van der Waals surface area contributed by atoms with Crippen LogP contribution in [0.15, 0.2) is 77.7 Å². The number of aromatic nitrogens is 1. The lowest BCUT2D eigenvalue weighted by molar-refractivity contribution is 0.0600. The predicted octanol–water partition coefficient (Wildman–Crippen LogP) is 2.94. The fourth-order valence-corrected chi connectivity index (χ4v) is 2.58. The quantitative estimate of drug-likeness (QED) is 0.708. The number of amides is 1. The molecule has 0 radical (unpaired) electrons. The highest BCUT2D eigenvalue weighted by Gasteiger charge is 2.10. The van der Waals surface area contributed by atoms with Gasteiger partial charge < -0.3 is 14.6 Å². The number of carbonyl (C=O) groups excluding carboxylic acids is 2. The van der Waals surface area contributed by atoms with Crippen LogP contribution in [0.3, 0.4) is 0 Å². The average molecular weight is 362 g/mol. The summed E-state index contributed by atoms with van der Waals surface area (Å²) in [6.07, 6.45) is 1.54. The van der Waals surface area contributed by atoms with E-state index < -0.39 is 5.97 Å². The molecule has 0 saturated carbocycles. The first-order chi connectivity index (χ1) is 13.1. The zero-order valence-corrected chi connectivity index (χ0v) is 14.7. The lowest BCUT2D eigenvalue weighted by Crippen LogP contribution is -2.22. The first kappa shape index (κ1) is 18.1. The molecule has 0 unspecified atom stereocenters. The lowest BCUT2D eigenvalue weighted by atomic mass is 10.2. The minimum Gasteiger partial charge on any atom is -0.465 e. The van der Waals surface area contributed by atoms with Crippen molar-refractivity contribution in [3.05, 3.63) is 100.0 Å². The van der Waals surface area contributed by atoms with Crippen molar-refractivity contribution in [2.24, 2.45) is 0 Å². The molecule has 0 aliphatic heterocycles. The molecule has 2 aromatic carbocycles. The van der Waals surface area contributed by atoms with Crippen LogP contribution >= 0.6 is 0 Å². The molecule has 0 aliphatic rings. The van der Waals surface area contributed by atoms with E-state index in [0.717, 1.165) is 5.56 Å². The summed E-state index contributed by atoms with van der Waals surface area (Å²) in [6.45, 7) is 0.384. The van der Waals surface area contributed by atoms with Crippen LogP contribution in [-0.2, 0) is 11.3 Å². The zero-order chi connectivity index (χ0) is 19.2. The molecule has 3 rings (SSSR count). The van der Waals surface area contributed by atoms with Gasteiger partial charge in [0.05, 0.1) is 24.8 Å². The summed E-state index contributed by atoms with van der Waals surface area (Å²) in [5, 5.41) is 2.75. The van der Waals surface area contributed by atoms with Gasteiger partial charge in [-0.25, -0.2) is 4.79 Å². The van der Waals surface area contributed by atoms with Crippen molar-refractivity contribution in [1.29, 1.82) is 0 Å². The van der Waals surface area contributed by atoms with Gasteiger partial charge in [-0.2, -0.15) is 0 Å². The highest BCUT2D eigenvalue weighted by Crippen LogP contribution is 2.12. The molecule has 1 aromatic heterocycles. The smallest absolute Gasteiger partial charge is 0.337 e. The Balaban J connectivity index is 1.76. The first-order valence-corrected chi connectivity index (χ1v) is 8.31. The predicted molar refractivity (Wildman–Crippen MR) is 102 cm³/mol. The molecule has 136 valence electrons. The van der Waals surface area contributed by atoms with Crippen LogP contribution < -0.4 is 10.9 Å². The Kier molecular flexibility index (Phi) is 5.47. The van der Waals surface area contributed by atoms with Crippen molar-refractivity contribution < 1.29 is 14.3 Å². The second-order valence-corrected chi connectivity index (χ2v) is 5.89. The van der Waals surface area contributed by atoms with Crippen LogP contribution in [0.1, 0.15) is 26.3 Å². The number of nitrogens with one attached hydrogen (secondary N) is 1. The summed E-state index contributed by atoms with van der Waals surface area (Å²) in [4.78, 5) is 36.0. The molecule has 0 bridgehead atoms. The van der Waals surface area contributed by atoms with E-state index in [1.54, 1.807) is 24.3 Å². The van der Waals surface area contributed by atoms with Crippen LogP contribution in [0.4, 0.5) is 5.69 Å². The summed E-state index contributed by atoms with van der Waals surface area (Å²) < 4.78 is 6.13. The molecule has 27 heavy (non-hydrogen) atoms. The van der Waals surface area contributed by atoms with E-state index in [2.05, 4.69) is 10.1 Å². The Morgan fingerprint density at radius 1 is 0.926 bits per heavy atom. The molecule has 6 heteroatoms. The zero-order valence-electron chi connectivity index (χ0n) is 14.7. The Hall–Kier alpha value is -3.67. The fraction of sp³-hybridized carbons (Fsp3) is 0.0952. The normalized spacial score (nSPS) is 10.3. The number of esters is 1. The molecule has 0 spiro atoms. The maximum atomic E-state index is 12.5. The van der Waals surface area contributed by atoms with Crippen LogP contribution in [0.2, 0.25) is 0 Å². The van der Waals surface area contributed by atoms with Gasteiger partial charge in [0.1, 0.15) is 0 Å². The molecule has 1 N–H and O–H groups in total. The fourth-order valence-electron chi connectivity index (χ4n) is 2.58. The number of pyridine rings is 1. The number of benzene rings is 2. The Labute approximate surface area is 156 Å². The van der Waals surface area contributed by atoms with Crippen molar-refractivity contribution in [3.8, 4) is 0 Å².